The molecule has 23 heavy (non-hydrogen) atoms. The zero-order valence-electron chi connectivity index (χ0n) is 13.1. The van der Waals surface area contributed by atoms with Crippen molar-refractivity contribution in [3.63, 3.8) is 0 Å². The molecule has 2 aromatic rings. The molecular weight excluding hydrogens is 314 g/mol. The van der Waals surface area contributed by atoms with Crippen molar-refractivity contribution < 1.29 is 17.9 Å². The van der Waals surface area contributed by atoms with Gasteiger partial charge in [0.2, 0.25) is 5.91 Å². The summed E-state index contributed by atoms with van der Waals surface area (Å²) in [5.41, 5.74) is 1.07. The number of carbonyl (C=O) groups excluding carboxylic acids is 1. The zero-order valence-corrected chi connectivity index (χ0v) is 13.9. The van der Waals surface area contributed by atoms with Crippen LogP contribution in [0.1, 0.15) is 18.9 Å². The van der Waals surface area contributed by atoms with Crippen LogP contribution < -0.4 is 10.1 Å². The molecule has 2 aromatic carbocycles. The van der Waals surface area contributed by atoms with E-state index >= 15 is 0 Å². The number of carbonyl (C=O) groups is 1. The number of ether oxygens (including phenoxy) is 1. The highest BCUT2D eigenvalue weighted by atomic mass is 32.2. The Bertz CT molecular complexity index is 785. The van der Waals surface area contributed by atoms with E-state index < -0.39 is 9.84 Å². The van der Waals surface area contributed by atoms with Crippen molar-refractivity contribution in [2.24, 2.45) is 0 Å². The van der Waals surface area contributed by atoms with Crippen LogP contribution >= 0.6 is 0 Å². The minimum Gasteiger partial charge on any atom is -0.495 e. The number of hydrogen-bond donors (Lipinski definition) is 1. The van der Waals surface area contributed by atoms with Gasteiger partial charge in [-0.2, -0.15) is 0 Å². The first kappa shape index (κ1) is 17.0. The molecule has 0 saturated heterocycles. The monoisotopic (exact) mass is 333 g/mol. The third-order valence-corrected chi connectivity index (χ3v) is 5.01. The summed E-state index contributed by atoms with van der Waals surface area (Å²) in [7, 11) is -2.04. The van der Waals surface area contributed by atoms with Crippen LogP contribution in [0.15, 0.2) is 53.4 Å². The first-order valence-corrected chi connectivity index (χ1v) is 8.86. The second-order valence-electron chi connectivity index (χ2n) is 5.01. The van der Waals surface area contributed by atoms with Gasteiger partial charge in [-0.3, -0.25) is 4.79 Å². The lowest BCUT2D eigenvalue weighted by Gasteiger charge is -2.12. The topological polar surface area (TPSA) is 72.5 Å². The van der Waals surface area contributed by atoms with Gasteiger partial charge in [0.05, 0.1) is 23.4 Å². The average molecular weight is 333 g/mol. The molecule has 0 radical (unpaired) electrons. The summed E-state index contributed by atoms with van der Waals surface area (Å²) in [4.78, 5) is 11.7. The number of benzene rings is 2. The number of methoxy groups -OCH3 is 1. The van der Waals surface area contributed by atoms with Gasteiger partial charge in [0.15, 0.2) is 9.84 Å². The first-order chi connectivity index (χ1) is 11.0. The molecule has 0 aliphatic heterocycles. The first-order valence-electron chi connectivity index (χ1n) is 7.21. The lowest BCUT2D eigenvalue weighted by molar-refractivity contribution is -0.115. The summed E-state index contributed by atoms with van der Waals surface area (Å²) in [6, 6.07) is 13.4. The molecule has 5 nitrogen and oxygen atoms in total. The fourth-order valence-corrected chi connectivity index (χ4v) is 3.46. The predicted octanol–water partition coefficient (Wildman–Crippen LogP) is 3.02. The van der Waals surface area contributed by atoms with Crippen molar-refractivity contribution >= 4 is 21.4 Å². The molecule has 0 aromatic heterocycles. The highest BCUT2D eigenvalue weighted by Crippen LogP contribution is 2.29. The van der Waals surface area contributed by atoms with Gasteiger partial charge in [0.1, 0.15) is 5.75 Å². The van der Waals surface area contributed by atoms with Crippen molar-refractivity contribution in [1.82, 2.24) is 0 Å². The van der Waals surface area contributed by atoms with Crippen LogP contribution in [0.4, 0.5) is 5.69 Å². The van der Waals surface area contributed by atoms with E-state index in [0.29, 0.717) is 23.4 Å². The van der Waals surface area contributed by atoms with Crippen molar-refractivity contribution in [2.45, 2.75) is 24.0 Å². The summed E-state index contributed by atoms with van der Waals surface area (Å²) < 4.78 is 30.3. The van der Waals surface area contributed by atoms with Crippen molar-refractivity contribution in [3.05, 3.63) is 54.1 Å². The Labute approximate surface area is 136 Å². The maximum Gasteiger partial charge on any atom is 0.224 e. The zero-order chi connectivity index (χ0) is 16.9. The van der Waals surface area contributed by atoms with E-state index in [-0.39, 0.29) is 16.6 Å². The van der Waals surface area contributed by atoms with E-state index in [1.54, 1.807) is 37.3 Å². The molecule has 0 fully saturated rings. The number of amides is 1. The maximum atomic E-state index is 12.6. The number of hydrogen-bond acceptors (Lipinski definition) is 4. The van der Waals surface area contributed by atoms with Gasteiger partial charge in [-0.1, -0.05) is 37.3 Å². The summed E-state index contributed by atoms with van der Waals surface area (Å²) in [5.74, 6) is 0.118. The molecule has 0 aliphatic carbocycles. The molecule has 1 amide bonds. The molecule has 0 spiro atoms. The highest BCUT2D eigenvalue weighted by Gasteiger charge is 2.18. The molecular formula is C17H19NO4S. The molecule has 0 bridgehead atoms. The Balaban J connectivity index is 2.35. The van der Waals surface area contributed by atoms with Crippen molar-refractivity contribution in [3.8, 4) is 5.75 Å². The minimum atomic E-state index is -3.51. The fraction of sp³-hybridized carbons (Fsp3) is 0.235. The second-order valence-corrected chi connectivity index (χ2v) is 7.00. The van der Waals surface area contributed by atoms with E-state index in [2.05, 4.69) is 5.32 Å². The van der Waals surface area contributed by atoms with Crippen LogP contribution in [0, 0.1) is 0 Å². The summed E-state index contributed by atoms with van der Waals surface area (Å²) >= 11 is 0. The van der Waals surface area contributed by atoms with Crippen molar-refractivity contribution in [1.29, 1.82) is 0 Å². The van der Waals surface area contributed by atoms with E-state index in [1.165, 1.54) is 19.2 Å². The summed E-state index contributed by atoms with van der Waals surface area (Å²) in [6.45, 7) is 1.72. The van der Waals surface area contributed by atoms with Crippen LogP contribution in [0.25, 0.3) is 0 Å². The largest absolute Gasteiger partial charge is 0.495 e. The Hall–Kier alpha value is -2.34. The lowest BCUT2D eigenvalue weighted by atomic mass is 10.2. The smallest absolute Gasteiger partial charge is 0.224 e. The number of nitrogens with one attached hydrogen (secondary N) is 1. The van der Waals surface area contributed by atoms with Crippen LogP contribution in [0.3, 0.4) is 0 Å². The van der Waals surface area contributed by atoms with Gasteiger partial charge in [-0.05, 0) is 23.8 Å². The number of anilines is 1. The van der Waals surface area contributed by atoms with Gasteiger partial charge in [-0.25, -0.2) is 8.42 Å². The minimum absolute atomic E-state index is 0.0959. The normalized spacial score (nSPS) is 11.0. The molecule has 2 rings (SSSR count). The molecule has 0 unspecified atom stereocenters. The number of sulfone groups is 1. The average Bonchev–Trinajstić information content (AvgIpc) is 2.55. The lowest BCUT2D eigenvalue weighted by Crippen LogP contribution is -2.12. The molecule has 0 aliphatic rings. The Kier molecular flexibility index (Phi) is 5.39. The molecule has 0 atom stereocenters. The Morgan fingerprint density at radius 1 is 1.13 bits per heavy atom. The molecule has 6 heteroatoms. The van der Waals surface area contributed by atoms with Gasteiger partial charge < -0.3 is 10.1 Å². The SMILES string of the molecule is CCC(=O)Nc1cc(S(=O)(=O)Cc2ccccc2)ccc1OC. The fourth-order valence-electron chi connectivity index (χ4n) is 2.09. The summed E-state index contributed by atoms with van der Waals surface area (Å²) in [6.07, 6.45) is 0.296. The third kappa shape index (κ3) is 4.32. The predicted molar refractivity (Wildman–Crippen MR) is 89.2 cm³/mol. The van der Waals surface area contributed by atoms with Crippen LogP contribution in [0.2, 0.25) is 0 Å². The van der Waals surface area contributed by atoms with E-state index in [9.17, 15) is 13.2 Å². The van der Waals surface area contributed by atoms with Gasteiger partial charge >= 0.3 is 0 Å². The van der Waals surface area contributed by atoms with E-state index in [0.717, 1.165) is 0 Å². The Morgan fingerprint density at radius 3 is 2.43 bits per heavy atom. The second kappa shape index (κ2) is 7.28. The van der Waals surface area contributed by atoms with E-state index in [1.807, 2.05) is 6.07 Å². The summed E-state index contributed by atoms with van der Waals surface area (Å²) in [5, 5.41) is 2.66. The molecule has 1 N–H and O–H groups in total. The highest BCUT2D eigenvalue weighted by molar-refractivity contribution is 7.90. The maximum absolute atomic E-state index is 12.6. The van der Waals surface area contributed by atoms with Crippen LogP contribution in [-0.4, -0.2) is 21.4 Å². The van der Waals surface area contributed by atoms with E-state index in [4.69, 9.17) is 4.74 Å². The van der Waals surface area contributed by atoms with Crippen LogP contribution in [-0.2, 0) is 20.4 Å². The Morgan fingerprint density at radius 2 is 1.83 bits per heavy atom. The van der Waals surface area contributed by atoms with Gasteiger partial charge in [-0.15, -0.1) is 0 Å². The van der Waals surface area contributed by atoms with Gasteiger partial charge in [0, 0.05) is 6.42 Å². The quantitative estimate of drug-likeness (QED) is 0.882. The number of rotatable bonds is 6. The molecule has 0 saturated carbocycles. The molecule has 0 heterocycles. The van der Waals surface area contributed by atoms with Crippen molar-refractivity contribution in [2.75, 3.05) is 12.4 Å². The van der Waals surface area contributed by atoms with Crippen LogP contribution in [0.5, 0.6) is 5.75 Å². The molecule has 122 valence electrons. The standard InChI is InChI=1S/C17H19NO4S/c1-3-17(19)18-15-11-14(9-10-16(15)22-2)23(20,21)12-13-7-5-4-6-8-13/h4-11H,3,12H2,1-2H3,(H,18,19). The van der Waals surface area contributed by atoms with Gasteiger partial charge in [0.25, 0.3) is 0 Å². The third-order valence-electron chi connectivity index (χ3n) is 3.32.